The number of benzene rings is 3. The molecule has 29 heavy (non-hydrogen) atoms. The fourth-order valence-corrected chi connectivity index (χ4v) is 4.54. The van der Waals surface area contributed by atoms with E-state index in [0.717, 1.165) is 73.6 Å². The lowest BCUT2D eigenvalue weighted by Crippen LogP contribution is -2.14. The van der Waals surface area contributed by atoms with Crippen molar-refractivity contribution in [3.8, 4) is 5.75 Å². The van der Waals surface area contributed by atoms with Gasteiger partial charge in [-0.25, -0.2) is 4.39 Å². The van der Waals surface area contributed by atoms with Crippen molar-refractivity contribution in [1.82, 2.24) is 0 Å². The first kappa shape index (κ1) is 19.9. The number of rotatable bonds is 7. The molecule has 1 atom stereocenters. The Labute approximate surface area is 173 Å². The minimum absolute atomic E-state index is 0.0292. The third kappa shape index (κ3) is 4.32. The maximum atomic E-state index is 15.4. The Morgan fingerprint density at radius 2 is 1.86 bits per heavy atom. The molecule has 4 rings (SSSR count). The third-order valence-electron chi connectivity index (χ3n) is 6.20. The minimum atomic E-state index is -0.0292. The summed E-state index contributed by atoms with van der Waals surface area (Å²) in [7, 11) is 0. The fourth-order valence-electron chi connectivity index (χ4n) is 4.54. The van der Waals surface area contributed by atoms with Gasteiger partial charge in [-0.15, -0.1) is 0 Å². The monoisotopic (exact) mass is 390 g/mol. The highest BCUT2D eigenvalue weighted by atomic mass is 19.1. The SMILES string of the molecule is CCCCOc1ccc2c(c1)CCC(c1ccc3cc(CCC)ccc3c1F)C2. The molecule has 0 fully saturated rings. The maximum Gasteiger partial charge on any atom is 0.134 e. The van der Waals surface area contributed by atoms with Gasteiger partial charge in [-0.3, -0.25) is 0 Å². The van der Waals surface area contributed by atoms with Crippen LogP contribution in [0, 0.1) is 5.82 Å². The van der Waals surface area contributed by atoms with Gasteiger partial charge in [-0.1, -0.05) is 63.1 Å². The average Bonchev–Trinajstić information content (AvgIpc) is 2.74. The fraction of sp³-hybridized carbons (Fsp3) is 0.407. The first-order chi connectivity index (χ1) is 14.2. The second-order valence-electron chi connectivity index (χ2n) is 8.35. The molecule has 1 aliphatic rings. The van der Waals surface area contributed by atoms with E-state index in [1.165, 1.54) is 16.7 Å². The summed E-state index contributed by atoms with van der Waals surface area (Å²) in [6, 6.07) is 16.7. The zero-order valence-corrected chi connectivity index (χ0v) is 17.6. The average molecular weight is 391 g/mol. The Hall–Kier alpha value is -2.35. The summed E-state index contributed by atoms with van der Waals surface area (Å²) < 4.78 is 21.2. The summed E-state index contributed by atoms with van der Waals surface area (Å²) in [5.74, 6) is 1.18. The second-order valence-corrected chi connectivity index (χ2v) is 8.35. The molecule has 0 saturated heterocycles. The molecule has 3 aromatic rings. The van der Waals surface area contributed by atoms with Gasteiger partial charge >= 0.3 is 0 Å². The Kier molecular flexibility index (Phi) is 6.18. The van der Waals surface area contributed by atoms with Crippen molar-refractivity contribution in [2.24, 2.45) is 0 Å². The van der Waals surface area contributed by atoms with E-state index < -0.39 is 0 Å². The van der Waals surface area contributed by atoms with Crippen LogP contribution >= 0.6 is 0 Å². The highest BCUT2D eigenvalue weighted by Crippen LogP contribution is 2.37. The number of unbranched alkanes of at least 4 members (excludes halogenated alkanes) is 1. The summed E-state index contributed by atoms with van der Waals surface area (Å²) in [6.07, 6.45) is 7.26. The summed E-state index contributed by atoms with van der Waals surface area (Å²) in [6.45, 7) is 5.13. The first-order valence-electron chi connectivity index (χ1n) is 11.1. The molecule has 152 valence electrons. The normalized spacial score (nSPS) is 16.0. The lowest BCUT2D eigenvalue weighted by atomic mass is 9.79. The highest BCUT2D eigenvalue weighted by Gasteiger charge is 2.24. The van der Waals surface area contributed by atoms with Gasteiger partial charge in [-0.2, -0.15) is 0 Å². The molecule has 2 heteroatoms. The van der Waals surface area contributed by atoms with E-state index in [1.54, 1.807) is 0 Å². The molecule has 0 bridgehead atoms. The largest absolute Gasteiger partial charge is 0.494 e. The van der Waals surface area contributed by atoms with Gasteiger partial charge in [0.25, 0.3) is 0 Å². The molecule has 0 N–H and O–H groups in total. The molecule has 1 aliphatic carbocycles. The Morgan fingerprint density at radius 3 is 2.69 bits per heavy atom. The maximum absolute atomic E-state index is 15.4. The van der Waals surface area contributed by atoms with Crippen molar-refractivity contribution in [2.45, 2.75) is 64.7 Å². The second kappa shape index (κ2) is 8.98. The van der Waals surface area contributed by atoms with Crippen molar-refractivity contribution < 1.29 is 9.13 Å². The van der Waals surface area contributed by atoms with E-state index in [9.17, 15) is 0 Å². The molecule has 1 nitrogen and oxygen atoms in total. The summed E-state index contributed by atoms with van der Waals surface area (Å²) in [5, 5.41) is 1.77. The molecule has 0 aliphatic heterocycles. The summed E-state index contributed by atoms with van der Waals surface area (Å²) in [5.41, 5.74) is 4.85. The van der Waals surface area contributed by atoms with E-state index in [0.29, 0.717) is 0 Å². The minimum Gasteiger partial charge on any atom is -0.494 e. The standard InChI is InChI=1S/C27H31FO/c1-3-5-15-29-24-12-10-20-17-23(9-8-21(20)18-24)26-14-11-22-16-19(6-4-2)7-13-25(22)27(26)28/h7,10-14,16,18,23H,3-6,8-9,15,17H2,1-2H3. The van der Waals surface area contributed by atoms with Crippen molar-refractivity contribution in [1.29, 1.82) is 0 Å². The van der Waals surface area contributed by atoms with Crippen molar-refractivity contribution in [3.63, 3.8) is 0 Å². The smallest absolute Gasteiger partial charge is 0.134 e. The van der Waals surface area contributed by atoms with Crippen molar-refractivity contribution >= 4 is 10.8 Å². The number of ether oxygens (including phenoxy) is 1. The van der Waals surface area contributed by atoms with Crippen LogP contribution in [-0.2, 0) is 19.3 Å². The molecule has 1 unspecified atom stereocenters. The Balaban J connectivity index is 1.55. The first-order valence-corrected chi connectivity index (χ1v) is 11.1. The quantitative estimate of drug-likeness (QED) is 0.382. The van der Waals surface area contributed by atoms with Crippen LogP contribution in [0.5, 0.6) is 5.75 Å². The van der Waals surface area contributed by atoms with Gasteiger partial charge in [0.05, 0.1) is 6.61 Å². The van der Waals surface area contributed by atoms with E-state index >= 15 is 4.39 Å². The third-order valence-corrected chi connectivity index (χ3v) is 6.20. The van der Waals surface area contributed by atoms with E-state index in [2.05, 4.69) is 50.2 Å². The molecule has 0 aromatic heterocycles. The van der Waals surface area contributed by atoms with Crippen LogP contribution in [-0.4, -0.2) is 6.61 Å². The molecule has 0 amide bonds. The van der Waals surface area contributed by atoms with Gasteiger partial charge in [-0.05, 0) is 77.8 Å². The Morgan fingerprint density at radius 1 is 0.966 bits per heavy atom. The van der Waals surface area contributed by atoms with Crippen LogP contribution in [0.3, 0.4) is 0 Å². The van der Waals surface area contributed by atoms with Crippen LogP contribution < -0.4 is 4.74 Å². The number of hydrogen-bond donors (Lipinski definition) is 0. The predicted molar refractivity (Wildman–Crippen MR) is 120 cm³/mol. The predicted octanol–water partition coefficient (Wildman–Crippen LogP) is 7.38. The number of hydrogen-bond acceptors (Lipinski definition) is 1. The molecule has 0 radical (unpaired) electrons. The van der Waals surface area contributed by atoms with E-state index in [-0.39, 0.29) is 11.7 Å². The van der Waals surface area contributed by atoms with Crippen LogP contribution in [0.25, 0.3) is 10.8 Å². The summed E-state index contributed by atoms with van der Waals surface area (Å²) in [4.78, 5) is 0. The summed E-state index contributed by atoms with van der Waals surface area (Å²) >= 11 is 0. The number of aryl methyl sites for hydroxylation is 2. The van der Waals surface area contributed by atoms with Gasteiger partial charge in [0.15, 0.2) is 0 Å². The number of halogens is 1. The lowest BCUT2D eigenvalue weighted by molar-refractivity contribution is 0.308. The molecule has 0 heterocycles. The molecule has 0 spiro atoms. The molecule has 3 aromatic carbocycles. The topological polar surface area (TPSA) is 9.23 Å². The highest BCUT2D eigenvalue weighted by molar-refractivity contribution is 5.84. The van der Waals surface area contributed by atoms with Gasteiger partial charge in [0.2, 0.25) is 0 Å². The van der Waals surface area contributed by atoms with E-state index in [1.807, 2.05) is 12.1 Å². The van der Waals surface area contributed by atoms with E-state index in [4.69, 9.17) is 4.74 Å². The van der Waals surface area contributed by atoms with Gasteiger partial charge < -0.3 is 4.74 Å². The van der Waals surface area contributed by atoms with Crippen LogP contribution in [0.15, 0.2) is 48.5 Å². The number of fused-ring (bicyclic) bond motifs is 2. The van der Waals surface area contributed by atoms with Gasteiger partial charge in [0.1, 0.15) is 11.6 Å². The van der Waals surface area contributed by atoms with Crippen LogP contribution in [0.2, 0.25) is 0 Å². The van der Waals surface area contributed by atoms with Crippen molar-refractivity contribution in [2.75, 3.05) is 6.61 Å². The van der Waals surface area contributed by atoms with Crippen molar-refractivity contribution in [3.05, 3.63) is 76.6 Å². The lowest BCUT2D eigenvalue weighted by Gasteiger charge is -2.26. The van der Waals surface area contributed by atoms with Crippen LogP contribution in [0.4, 0.5) is 4.39 Å². The van der Waals surface area contributed by atoms with Crippen LogP contribution in [0.1, 0.15) is 67.7 Å². The zero-order chi connectivity index (χ0) is 20.2. The van der Waals surface area contributed by atoms with Gasteiger partial charge in [0, 0.05) is 5.39 Å². The Bertz CT molecular complexity index is 991. The molecule has 0 saturated carbocycles. The molecular formula is C27H31FO. The zero-order valence-electron chi connectivity index (χ0n) is 17.6. The molecular weight excluding hydrogens is 359 g/mol.